The number of benzene rings is 2. The molecule has 4 aliphatic rings. The summed E-state index contributed by atoms with van der Waals surface area (Å²) in [5.74, 6) is 1.77. The van der Waals surface area contributed by atoms with E-state index in [9.17, 15) is 9.90 Å². The van der Waals surface area contributed by atoms with Crippen molar-refractivity contribution < 1.29 is 9.90 Å². The van der Waals surface area contributed by atoms with Crippen molar-refractivity contribution in [3.05, 3.63) is 65.2 Å². The number of hydrogen-bond acceptors (Lipinski definition) is 3. The molecule has 1 amide bonds. The van der Waals surface area contributed by atoms with Crippen LogP contribution in [0.3, 0.4) is 0 Å². The molecule has 4 aliphatic heterocycles. The Hall–Kier alpha value is -2.33. The second kappa shape index (κ2) is 7.25. The fourth-order valence-electron chi connectivity index (χ4n) is 5.51. The fraction of sp³-hybridized carbons (Fsp3) is 0.458. The Morgan fingerprint density at radius 2 is 1.75 bits per heavy atom. The van der Waals surface area contributed by atoms with Gasteiger partial charge < -0.3 is 14.9 Å². The summed E-state index contributed by atoms with van der Waals surface area (Å²) in [4.78, 5) is 18.1. The summed E-state index contributed by atoms with van der Waals surface area (Å²) < 4.78 is 0. The molecular weight excluding hydrogens is 348 g/mol. The molecule has 0 aliphatic carbocycles. The van der Waals surface area contributed by atoms with E-state index in [0.29, 0.717) is 12.3 Å². The Bertz CT molecular complexity index is 855. The topological polar surface area (TPSA) is 43.8 Å². The molecule has 4 nitrogen and oxygen atoms in total. The average molecular weight is 377 g/mol. The van der Waals surface area contributed by atoms with Crippen LogP contribution in [0.4, 0.5) is 0 Å². The number of amides is 1. The van der Waals surface area contributed by atoms with Crippen LogP contribution in [0.5, 0.6) is 5.75 Å². The minimum absolute atomic E-state index is 0.0564. The van der Waals surface area contributed by atoms with Gasteiger partial charge in [0.2, 0.25) is 5.91 Å². The Morgan fingerprint density at radius 1 is 1.00 bits per heavy atom. The molecule has 2 bridgehead atoms. The molecule has 2 aromatic rings. The number of aromatic hydroxyl groups is 1. The number of fused-ring (bicyclic) bond motifs is 4. The largest absolute Gasteiger partial charge is 0.508 e. The number of hydrogen-bond donors (Lipinski definition) is 1. The molecule has 0 radical (unpaired) electrons. The molecule has 146 valence electrons. The van der Waals surface area contributed by atoms with Crippen molar-refractivity contribution in [2.24, 2.45) is 11.8 Å². The summed E-state index contributed by atoms with van der Waals surface area (Å²) in [5.41, 5.74) is 3.63. The lowest BCUT2D eigenvalue weighted by Crippen LogP contribution is -2.49. The van der Waals surface area contributed by atoms with Crippen LogP contribution in [0.1, 0.15) is 42.0 Å². The SMILES string of the molecule is O=C(C[C@@H]1CN2CCC1CC2)N1CCc2ccccc2[C@H]1c1ccc(O)cc1. The molecule has 4 heteroatoms. The smallest absolute Gasteiger partial charge is 0.223 e. The molecule has 1 N–H and O–H groups in total. The molecule has 0 spiro atoms. The summed E-state index contributed by atoms with van der Waals surface area (Å²) in [6, 6.07) is 15.8. The summed E-state index contributed by atoms with van der Waals surface area (Å²) >= 11 is 0. The molecule has 3 fully saturated rings. The molecule has 0 saturated carbocycles. The Balaban J connectivity index is 1.43. The molecule has 6 rings (SSSR count). The van der Waals surface area contributed by atoms with Gasteiger partial charge >= 0.3 is 0 Å². The van der Waals surface area contributed by atoms with Gasteiger partial charge in [0.05, 0.1) is 6.04 Å². The van der Waals surface area contributed by atoms with Gasteiger partial charge in [0.15, 0.2) is 0 Å². The van der Waals surface area contributed by atoms with E-state index in [1.165, 1.54) is 37.1 Å². The van der Waals surface area contributed by atoms with Crippen LogP contribution < -0.4 is 0 Å². The Kier molecular flexibility index (Phi) is 4.59. The zero-order valence-corrected chi connectivity index (χ0v) is 16.3. The van der Waals surface area contributed by atoms with Gasteiger partial charge in [-0.3, -0.25) is 4.79 Å². The third kappa shape index (κ3) is 3.20. The van der Waals surface area contributed by atoms with Gasteiger partial charge in [0.1, 0.15) is 5.75 Å². The number of carbonyl (C=O) groups is 1. The highest BCUT2D eigenvalue weighted by Gasteiger charge is 2.38. The Labute approximate surface area is 166 Å². The first-order valence-electron chi connectivity index (χ1n) is 10.6. The van der Waals surface area contributed by atoms with Crippen molar-refractivity contribution in [1.82, 2.24) is 9.80 Å². The lowest BCUT2D eigenvalue weighted by atomic mass is 9.77. The van der Waals surface area contributed by atoms with E-state index in [2.05, 4.69) is 34.1 Å². The second-order valence-corrected chi connectivity index (χ2v) is 8.63. The van der Waals surface area contributed by atoms with Gasteiger partial charge in [-0.15, -0.1) is 0 Å². The maximum Gasteiger partial charge on any atom is 0.223 e. The first kappa shape index (κ1) is 17.7. The molecule has 0 aromatic heterocycles. The van der Waals surface area contributed by atoms with Gasteiger partial charge in [-0.1, -0.05) is 36.4 Å². The van der Waals surface area contributed by atoms with Crippen LogP contribution in [0, 0.1) is 11.8 Å². The third-order valence-corrected chi connectivity index (χ3v) is 7.04. The summed E-state index contributed by atoms with van der Waals surface area (Å²) in [7, 11) is 0. The van der Waals surface area contributed by atoms with Crippen molar-refractivity contribution in [3.8, 4) is 5.75 Å². The maximum absolute atomic E-state index is 13.5. The fourth-order valence-corrected chi connectivity index (χ4v) is 5.51. The third-order valence-electron chi connectivity index (χ3n) is 7.04. The summed E-state index contributed by atoms with van der Waals surface area (Å²) in [6.45, 7) is 4.28. The minimum atomic E-state index is -0.0564. The first-order valence-corrected chi connectivity index (χ1v) is 10.6. The van der Waals surface area contributed by atoms with Crippen molar-refractivity contribution in [2.45, 2.75) is 31.7 Å². The predicted molar refractivity (Wildman–Crippen MR) is 109 cm³/mol. The van der Waals surface area contributed by atoms with E-state index < -0.39 is 0 Å². The van der Waals surface area contributed by atoms with Gasteiger partial charge in [-0.25, -0.2) is 0 Å². The molecule has 2 atom stereocenters. The van der Waals surface area contributed by atoms with Crippen LogP contribution in [-0.2, 0) is 11.2 Å². The van der Waals surface area contributed by atoms with E-state index >= 15 is 0 Å². The highest BCUT2D eigenvalue weighted by Crippen LogP contribution is 2.39. The first-order chi connectivity index (χ1) is 13.7. The predicted octanol–water partition coefficient (Wildman–Crippen LogP) is 3.60. The van der Waals surface area contributed by atoms with Gasteiger partial charge in [-0.2, -0.15) is 0 Å². The van der Waals surface area contributed by atoms with E-state index in [1.807, 2.05) is 12.1 Å². The van der Waals surface area contributed by atoms with Crippen LogP contribution in [0.2, 0.25) is 0 Å². The van der Waals surface area contributed by atoms with E-state index in [1.54, 1.807) is 12.1 Å². The van der Waals surface area contributed by atoms with Crippen molar-refractivity contribution in [1.29, 1.82) is 0 Å². The zero-order chi connectivity index (χ0) is 19.1. The van der Waals surface area contributed by atoms with Gasteiger partial charge in [0, 0.05) is 19.5 Å². The number of piperidine rings is 3. The van der Waals surface area contributed by atoms with Crippen LogP contribution in [0.25, 0.3) is 0 Å². The molecule has 28 heavy (non-hydrogen) atoms. The van der Waals surface area contributed by atoms with Crippen LogP contribution in [-0.4, -0.2) is 47.0 Å². The molecular formula is C24H28N2O2. The lowest BCUT2D eigenvalue weighted by Gasteiger charge is -2.46. The number of phenolic OH excluding ortho intramolecular Hbond substituents is 1. The second-order valence-electron chi connectivity index (χ2n) is 8.63. The maximum atomic E-state index is 13.5. The highest BCUT2D eigenvalue weighted by atomic mass is 16.3. The van der Waals surface area contributed by atoms with Crippen molar-refractivity contribution >= 4 is 5.91 Å². The minimum Gasteiger partial charge on any atom is -0.508 e. The van der Waals surface area contributed by atoms with Crippen LogP contribution >= 0.6 is 0 Å². The quantitative estimate of drug-likeness (QED) is 0.890. The average Bonchev–Trinajstić information content (AvgIpc) is 2.74. The molecule has 3 saturated heterocycles. The van der Waals surface area contributed by atoms with Gasteiger partial charge in [0.25, 0.3) is 0 Å². The van der Waals surface area contributed by atoms with Crippen molar-refractivity contribution in [2.75, 3.05) is 26.2 Å². The normalized spacial score (nSPS) is 28.8. The van der Waals surface area contributed by atoms with Crippen LogP contribution in [0.15, 0.2) is 48.5 Å². The standard InChI is InChI=1S/C24H28N2O2/c27-21-7-5-19(6-8-21)24-22-4-2-1-3-18(22)11-14-26(24)23(28)15-20-16-25-12-9-17(20)10-13-25/h1-8,17,20,24,27H,9-16H2/t20-,24-/m1/s1. The zero-order valence-electron chi connectivity index (χ0n) is 16.3. The monoisotopic (exact) mass is 376 g/mol. The number of rotatable bonds is 3. The van der Waals surface area contributed by atoms with Gasteiger partial charge in [-0.05, 0) is 73.0 Å². The van der Waals surface area contributed by atoms with E-state index in [-0.39, 0.29) is 17.7 Å². The highest BCUT2D eigenvalue weighted by molar-refractivity contribution is 5.78. The van der Waals surface area contributed by atoms with E-state index in [4.69, 9.17) is 0 Å². The summed E-state index contributed by atoms with van der Waals surface area (Å²) in [6.07, 6.45) is 4.08. The number of nitrogens with zero attached hydrogens (tertiary/aromatic N) is 2. The molecule has 4 heterocycles. The number of phenols is 1. The van der Waals surface area contributed by atoms with Crippen molar-refractivity contribution in [3.63, 3.8) is 0 Å². The van der Waals surface area contributed by atoms with E-state index in [0.717, 1.165) is 31.0 Å². The lowest BCUT2D eigenvalue weighted by molar-refractivity contribution is -0.136. The number of carbonyl (C=O) groups excluding carboxylic acids is 1. The molecule has 0 unspecified atom stereocenters. The Morgan fingerprint density at radius 3 is 2.46 bits per heavy atom. The molecule has 2 aromatic carbocycles. The summed E-state index contributed by atoms with van der Waals surface area (Å²) in [5, 5.41) is 9.72.